The second kappa shape index (κ2) is 6.56. The first kappa shape index (κ1) is 14.6. The van der Waals surface area contributed by atoms with Gasteiger partial charge in [-0.2, -0.15) is 0 Å². The standard InChI is InChI=1S/C18H29N/c1-15-7-6-8-17(13-15)10-9-16(2)19-14-18(3)11-4-5-12-18/h6-8,13,16,19H,4-5,9-12,14H2,1-3H3. The molecule has 0 heterocycles. The molecule has 0 radical (unpaired) electrons. The summed E-state index contributed by atoms with van der Waals surface area (Å²) in [5, 5.41) is 3.75. The molecule has 1 N–H and O–H groups in total. The van der Waals surface area contributed by atoms with Crippen molar-refractivity contribution in [2.45, 2.75) is 65.3 Å². The fraction of sp³-hybridized carbons (Fsp3) is 0.667. The Kier molecular flexibility index (Phi) is 5.04. The molecular weight excluding hydrogens is 230 g/mol. The zero-order valence-electron chi connectivity index (χ0n) is 12.8. The zero-order chi connectivity index (χ0) is 13.7. The molecular formula is C18H29N. The van der Waals surface area contributed by atoms with E-state index in [0.29, 0.717) is 11.5 Å². The summed E-state index contributed by atoms with van der Waals surface area (Å²) in [5.74, 6) is 0. The summed E-state index contributed by atoms with van der Waals surface area (Å²) < 4.78 is 0. The van der Waals surface area contributed by atoms with Crippen molar-refractivity contribution >= 4 is 0 Å². The summed E-state index contributed by atoms with van der Waals surface area (Å²) in [6, 6.07) is 9.52. The Morgan fingerprint density at radius 1 is 1.26 bits per heavy atom. The maximum Gasteiger partial charge on any atom is 0.00421 e. The number of aryl methyl sites for hydroxylation is 2. The van der Waals surface area contributed by atoms with Crippen molar-refractivity contribution in [3.63, 3.8) is 0 Å². The van der Waals surface area contributed by atoms with E-state index >= 15 is 0 Å². The van der Waals surface area contributed by atoms with Gasteiger partial charge in [0.15, 0.2) is 0 Å². The molecule has 1 aliphatic rings. The van der Waals surface area contributed by atoms with E-state index in [1.54, 1.807) is 0 Å². The van der Waals surface area contributed by atoms with E-state index in [0.717, 1.165) is 0 Å². The molecule has 1 nitrogen and oxygen atoms in total. The summed E-state index contributed by atoms with van der Waals surface area (Å²) in [6.07, 6.45) is 8.09. The third-order valence-corrected chi connectivity index (χ3v) is 4.64. The van der Waals surface area contributed by atoms with Gasteiger partial charge in [-0.25, -0.2) is 0 Å². The fourth-order valence-electron chi connectivity index (χ4n) is 3.18. The molecule has 1 saturated carbocycles. The molecule has 0 aromatic heterocycles. The average molecular weight is 259 g/mol. The van der Waals surface area contributed by atoms with Crippen LogP contribution < -0.4 is 5.32 Å². The third kappa shape index (κ3) is 4.65. The SMILES string of the molecule is Cc1cccc(CCC(C)NCC2(C)CCCC2)c1. The van der Waals surface area contributed by atoms with Gasteiger partial charge in [0.25, 0.3) is 0 Å². The Labute approximate surface area is 118 Å². The highest BCUT2D eigenvalue weighted by Crippen LogP contribution is 2.36. The Hall–Kier alpha value is -0.820. The first-order chi connectivity index (χ1) is 9.07. The lowest BCUT2D eigenvalue weighted by atomic mass is 9.88. The number of benzene rings is 1. The van der Waals surface area contributed by atoms with Gasteiger partial charge < -0.3 is 5.32 Å². The van der Waals surface area contributed by atoms with Crippen LogP contribution in [-0.2, 0) is 6.42 Å². The van der Waals surface area contributed by atoms with E-state index in [2.05, 4.69) is 50.4 Å². The largest absolute Gasteiger partial charge is 0.314 e. The smallest absolute Gasteiger partial charge is 0.00421 e. The van der Waals surface area contributed by atoms with Crippen LogP contribution in [-0.4, -0.2) is 12.6 Å². The Morgan fingerprint density at radius 2 is 2.00 bits per heavy atom. The van der Waals surface area contributed by atoms with Crippen LogP contribution in [0.25, 0.3) is 0 Å². The van der Waals surface area contributed by atoms with Crippen LogP contribution in [0.15, 0.2) is 24.3 Å². The Balaban J connectivity index is 1.71. The number of hydrogen-bond donors (Lipinski definition) is 1. The second-order valence-corrected chi connectivity index (χ2v) is 6.83. The van der Waals surface area contributed by atoms with Crippen molar-refractivity contribution in [1.82, 2.24) is 5.32 Å². The van der Waals surface area contributed by atoms with E-state index in [1.807, 2.05) is 0 Å². The quantitative estimate of drug-likeness (QED) is 0.794. The summed E-state index contributed by atoms with van der Waals surface area (Å²) >= 11 is 0. The lowest BCUT2D eigenvalue weighted by Gasteiger charge is -2.26. The van der Waals surface area contributed by atoms with Crippen LogP contribution in [0.2, 0.25) is 0 Å². The van der Waals surface area contributed by atoms with Crippen LogP contribution >= 0.6 is 0 Å². The van der Waals surface area contributed by atoms with Crippen LogP contribution in [0.5, 0.6) is 0 Å². The highest BCUT2D eigenvalue weighted by Gasteiger charge is 2.28. The molecule has 106 valence electrons. The Bertz CT molecular complexity index is 390. The number of nitrogens with one attached hydrogen (secondary N) is 1. The zero-order valence-corrected chi connectivity index (χ0v) is 12.8. The first-order valence-electron chi connectivity index (χ1n) is 7.86. The van der Waals surface area contributed by atoms with Crippen molar-refractivity contribution < 1.29 is 0 Å². The molecule has 1 heteroatoms. The Morgan fingerprint density at radius 3 is 2.68 bits per heavy atom. The molecule has 1 fully saturated rings. The minimum absolute atomic E-state index is 0.567. The number of rotatable bonds is 6. The third-order valence-electron chi connectivity index (χ3n) is 4.64. The normalized spacial score (nSPS) is 19.5. The van der Waals surface area contributed by atoms with Gasteiger partial charge in [0, 0.05) is 12.6 Å². The van der Waals surface area contributed by atoms with Crippen LogP contribution in [0.3, 0.4) is 0 Å². The van der Waals surface area contributed by atoms with Gasteiger partial charge in [0.2, 0.25) is 0 Å². The highest BCUT2D eigenvalue weighted by atomic mass is 14.9. The van der Waals surface area contributed by atoms with Crippen LogP contribution in [0.1, 0.15) is 57.1 Å². The van der Waals surface area contributed by atoms with Crippen molar-refractivity contribution in [3.05, 3.63) is 35.4 Å². The summed E-state index contributed by atoms with van der Waals surface area (Å²) in [6.45, 7) is 8.14. The molecule has 19 heavy (non-hydrogen) atoms. The van der Waals surface area contributed by atoms with Gasteiger partial charge in [-0.3, -0.25) is 0 Å². The summed E-state index contributed by atoms with van der Waals surface area (Å²) in [4.78, 5) is 0. The average Bonchev–Trinajstić information content (AvgIpc) is 2.82. The maximum absolute atomic E-state index is 3.75. The molecule has 0 amide bonds. The minimum Gasteiger partial charge on any atom is -0.314 e. The van der Waals surface area contributed by atoms with Gasteiger partial charge in [0.1, 0.15) is 0 Å². The van der Waals surface area contributed by atoms with E-state index in [9.17, 15) is 0 Å². The molecule has 0 spiro atoms. The van der Waals surface area contributed by atoms with E-state index in [1.165, 1.54) is 56.2 Å². The molecule has 1 aromatic carbocycles. The lowest BCUT2D eigenvalue weighted by molar-refractivity contribution is 0.297. The number of hydrogen-bond acceptors (Lipinski definition) is 1. The molecule has 1 atom stereocenters. The van der Waals surface area contributed by atoms with Crippen molar-refractivity contribution in [3.8, 4) is 0 Å². The fourth-order valence-corrected chi connectivity index (χ4v) is 3.18. The monoisotopic (exact) mass is 259 g/mol. The predicted octanol–water partition coefficient (Wildman–Crippen LogP) is 4.49. The van der Waals surface area contributed by atoms with Crippen LogP contribution in [0.4, 0.5) is 0 Å². The van der Waals surface area contributed by atoms with Gasteiger partial charge in [-0.15, -0.1) is 0 Å². The summed E-state index contributed by atoms with van der Waals surface area (Å²) in [5.41, 5.74) is 3.41. The molecule has 1 aliphatic carbocycles. The van der Waals surface area contributed by atoms with Crippen LogP contribution in [0, 0.1) is 12.3 Å². The van der Waals surface area contributed by atoms with E-state index < -0.39 is 0 Å². The molecule has 0 saturated heterocycles. The minimum atomic E-state index is 0.567. The van der Waals surface area contributed by atoms with Gasteiger partial charge >= 0.3 is 0 Å². The lowest BCUT2D eigenvalue weighted by Crippen LogP contribution is -2.35. The van der Waals surface area contributed by atoms with Crippen molar-refractivity contribution in [1.29, 1.82) is 0 Å². The molecule has 0 aliphatic heterocycles. The topological polar surface area (TPSA) is 12.0 Å². The predicted molar refractivity (Wildman–Crippen MR) is 83.5 cm³/mol. The van der Waals surface area contributed by atoms with Gasteiger partial charge in [-0.05, 0) is 50.5 Å². The highest BCUT2D eigenvalue weighted by molar-refractivity contribution is 5.22. The molecule has 2 rings (SSSR count). The van der Waals surface area contributed by atoms with Gasteiger partial charge in [0.05, 0.1) is 0 Å². The molecule has 1 unspecified atom stereocenters. The molecule has 1 aromatic rings. The van der Waals surface area contributed by atoms with E-state index in [4.69, 9.17) is 0 Å². The van der Waals surface area contributed by atoms with Crippen molar-refractivity contribution in [2.24, 2.45) is 5.41 Å². The summed E-state index contributed by atoms with van der Waals surface area (Å²) in [7, 11) is 0. The van der Waals surface area contributed by atoms with Gasteiger partial charge in [-0.1, -0.05) is 49.6 Å². The van der Waals surface area contributed by atoms with Crippen molar-refractivity contribution in [2.75, 3.05) is 6.54 Å². The maximum atomic E-state index is 3.75. The second-order valence-electron chi connectivity index (χ2n) is 6.83. The molecule has 0 bridgehead atoms. The van der Waals surface area contributed by atoms with E-state index in [-0.39, 0.29) is 0 Å². The first-order valence-corrected chi connectivity index (χ1v) is 7.86.